The van der Waals surface area contributed by atoms with Gasteiger partial charge in [0.05, 0.1) is 13.7 Å². The molecule has 1 heterocycles. The molecule has 4 aromatic carbocycles. The largest absolute Gasteiger partial charge is 0.497 e. The third-order valence-electron chi connectivity index (χ3n) is 6.06. The fourth-order valence-electron chi connectivity index (χ4n) is 4.23. The Bertz CT molecular complexity index is 1460. The summed E-state index contributed by atoms with van der Waals surface area (Å²) in [6, 6.07) is 30.1. The maximum absolute atomic E-state index is 13.3. The Morgan fingerprint density at radius 1 is 0.861 bits per heavy atom. The lowest BCUT2D eigenvalue weighted by Crippen LogP contribution is -2.39. The van der Waals surface area contributed by atoms with Gasteiger partial charge in [0.25, 0.3) is 5.91 Å². The molecule has 1 atom stereocenters. The van der Waals surface area contributed by atoms with Crippen molar-refractivity contribution in [2.75, 3.05) is 20.3 Å². The lowest BCUT2D eigenvalue weighted by atomic mass is 10.1. The third-order valence-corrected chi connectivity index (χ3v) is 6.06. The van der Waals surface area contributed by atoms with Crippen molar-refractivity contribution in [3.05, 3.63) is 108 Å². The Morgan fingerprint density at radius 2 is 1.56 bits per heavy atom. The van der Waals surface area contributed by atoms with Crippen molar-refractivity contribution in [2.24, 2.45) is 0 Å². The van der Waals surface area contributed by atoms with Crippen LogP contribution in [0.25, 0.3) is 21.9 Å². The van der Waals surface area contributed by atoms with E-state index in [1.807, 2.05) is 72.8 Å². The van der Waals surface area contributed by atoms with Gasteiger partial charge in [0.1, 0.15) is 35.4 Å². The number of ether oxygens (including phenoxy) is 2. The minimum Gasteiger partial charge on any atom is -0.497 e. The van der Waals surface area contributed by atoms with E-state index in [1.54, 1.807) is 36.3 Å². The molecule has 5 aromatic rings. The molecule has 1 amide bonds. The molecular formula is C30H27NO5. The second-order valence-corrected chi connectivity index (χ2v) is 8.62. The van der Waals surface area contributed by atoms with Crippen LogP contribution in [-0.2, 0) is 6.54 Å². The SMILES string of the molecule is COc1ccc(C(=O)N(Cc2ccccc2)CC(O)COc2ccc3oc4ccccc4c3c2)cc1. The molecule has 1 N–H and O–H groups in total. The smallest absolute Gasteiger partial charge is 0.254 e. The number of furan rings is 1. The molecule has 0 radical (unpaired) electrons. The Kier molecular flexibility index (Phi) is 6.87. The first-order valence-electron chi connectivity index (χ1n) is 11.8. The minimum atomic E-state index is -0.882. The van der Waals surface area contributed by atoms with E-state index >= 15 is 0 Å². The molecule has 5 rings (SSSR count). The van der Waals surface area contributed by atoms with Crippen LogP contribution in [0.2, 0.25) is 0 Å². The van der Waals surface area contributed by atoms with E-state index in [9.17, 15) is 9.90 Å². The zero-order chi connectivity index (χ0) is 24.9. The number of carbonyl (C=O) groups excluding carboxylic acids is 1. The van der Waals surface area contributed by atoms with Gasteiger partial charge in [0.2, 0.25) is 0 Å². The number of carbonyl (C=O) groups is 1. The maximum Gasteiger partial charge on any atom is 0.254 e. The van der Waals surface area contributed by atoms with Crippen LogP contribution in [0.15, 0.2) is 101 Å². The topological polar surface area (TPSA) is 72.1 Å². The third kappa shape index (κ3) is 5.19. The molecule has 0 aliphatic rings. The summed E-state index contributed by atoms with van der Waals surface area (Å²) in [4.78, 5) is 15.0. The first-order valence-corrected chi connectivity index (χ1v) is 11.8. The van der Waals surface area contributed by atoms with Gasteiger partial charge in [-0.15, -0.1) is 0 Å². The van der Waals surface area contributed by atoms with Crippen LogP contribution in [0.3, 0.4) is 0 Å². The molecule has 0 saturated carbocycles. The standard InChI is InChI=1S/C30H27NO5/c1-34-24-13-11-22(12-14-24)30(33)31(18-21-7-3-2-4-8-21)19-23(32)20-35-25-15-16-29-27(17-25)26-9-5-6-10-28(26)36-29/h2-17,23,32H,18-20H2,1H3. The maximum atomic E-state index is 13.3. The van der Waals surface area contributed by atoms with E-state index in [2.05, 4.69) is 0 Å². The second-order valence-electron chi connectivity index (χ2n) is 8.62. The average Bonchev–Trinajstić information content (AvgIpc) is 3.30. The number of amides is 1. The highest BCUT2D eigenvalue weighted by Crippen LogP contribution is 2.31. The van der Waals surface area contributed by atoms with Crippen molar-refractivity contribution >= 4 is 27.8 Å². The molecule has 0 aliphatic heterocycles. The second kappa shape index (κ2) is 10.5. The first-order chi connectivity index (χ1) is 17.6. The fourth-order valence-corrected chi connectivity index (χ4v) is 4.23. The quantitative estimate of drug-likeness (QED) is 0.293. The van der Waals surface area contributed by atoms with Gasteiger partial charge in [-0.3, -0.25) is 4.79 Å². The number of rotatable bonds is 9. The van der Waals surface area contributed by atoms with Crippen molar-refractivity contribution < 1.29 is 23.8 Å². The van der Waals surface area contributed by atoms with Crippen LogP contribution < -0.4 is 9.47 Å². The number of nitrogens with zero attached hydrogens (tertiary/aromatic N) is 1. The van der Waals surface area contributed by atoms with Crippen molar-refractivity contribution in [2.45, 2.75) is 12.6 Å². The molecule has 0 aliphatic carbocycles. The van der Waals surface area contributed by atoms with Gasteiger partial charge >= 0.3 is 0 Å². The Labute approximate surface area is 209 Å². The molecule has 6 heteroatoms. The van der Waals surface area contributed by atoms with E-state index in [1.165, 1.54) is 0 Å². The molecule has 182 valence electrons. The van der Waals surface area contributed by atoms with Gasteiger partial charge in [0.15, 0.2) is 0 Å². The zero-order valence-electron chi connectivity index (χ0n) is 20.0. The highest BCUT2D eigenvalue weighted by atomic mass is 16.5. The monoisotopic (exact) mass is 481 g/mol. The van der Waals surface area contributed by atoms with Gasteiger partial charge in [0, 0.05) is 22.9 Å². The molecule has 0 bridgehead atoms. The molecule has 0 fully saturated rings. The number of hydrogen-bond donors (Lipinski definition) is 1. The number of para-hydroxylation sites is 1. The summed E-state index contributed by atoms with van der Waals surface area (Å²) in [7, 11) is 1.58. The Morgan fingerprint density at radius 3 is 2.33 bits per heavy atom. The highest BCUT2D eigenvalue weighted by Gasteiger charge is 2.20. The first kappa shape index (κ1) is 23.5. The van der Waals surface area contributed by atoms with Gasteiger partial charge in [-0.2, -0.15) is 0 Å². The van der Waals surface area contributed by atoms with Crippen LogP contribution in [0.4, 0.5) is 0 Å². The lowest BCUT2D eigenvalue weighted by molar-refractivity contribution is 0.0482. The van der Waals surface area contributed by atoms with Crippen LogP contribution in [0.1, 0.15) is 15.9 Å². The molecule has 0 spiro atoms. The summed E-state index contributed by atoms with van der Waals surface area (Å²) in [5.74, 6) is 1.13. The predicted octanol–water partition coefficient (Wildman–Crippen LogP) is 5.68. The van der Waals surface area contributed by atoms with Crippen molar-refractivity contribution in [1.29, 1.82) is 0 Å². The summed E-state index contributed by atoms with van der Waals surface area (Å²) in [6.07, 6.45) is -0.882. The summed E-state index contributed by atoms with van der Waals surface area (Å²) >= 11 is 0. The number of hydrogen-bond acceptors (Lipinski definition) is 5. The van der Waals surface area contributed by atoms with Crippen LogP contribution in [-0.4, -0.2) is 42.3 Å². The molecule has 1 unspecified atom stereocenters. The van der Waals surface area contributed by atoms with Crippen molar-refractivity contribution in [1.82, 2.24) is 4.90 Å². The molecule has 1 aromatic heterocycles. The van der Waals surface area contributed by atoms with Gasteiger partial charge in [-0.25, -0.2) is 0 Å². The number of fused-ring (bicyclic) bond motifs is 3. The lowest BCUT2D eigenvalue weighted by Gasteiger charge is -2.26. The molecule has 6 nitrogen and oxygen atoms in total. The van der Waals surface area contributed by atoms with Crippen molar-refractivity contribution in [3.63, 3.8) is 0 Å². The van der Waals surface area contributed by atoms with Crippen LogP contribution in [0.5, 0.6) is 11.5 Å². The average molecular weight is 482 g/mol. The van der Waals surface area contributed by atoms with Crippen LogP contribution in [0, 0.1) is 0 Å². The summed E-state index contributed by atoms with van der Waals surface area (Å²) in [5.41, 5.74) is 3.10. The molecule has 0 saturated heterocycles. The summed E-state index contributed by atoms with van der Waals surface area (Å²) in [5, 5.41) is 12.8. The molecular weight excluding hydrogens is 454 g/mol. The van der Waals surface area contributed by atoms with Crippen LogP contribution >= 0.6 is 0 Å². The normalized spacial score (nSPS) is 11.9. The zero-order valence-corrected chi connectivity index (χ0v) is 20.0. The van der Waals surface area contributed by atoms with E-state index in [0.29, 0.717) is 23.6 Å². The highest BCUT2D eigenvalue weighted by molar-refractivity contribution is 6.05. The van der Waals surface area contributed by atoms with E-state index in [-0.39, 0.29) is 19.1 Å². The summed E-state index contributed by atoms with van der Waals surface area (Å²) in [6.45, 7) is 0.537. The van der Waals surface area contributed by atoms with Gasteiger partial charge < -0.3 is 23.9 Å². The van der Waals surface area contributed by atoms with Gasteiger partial charge in [-0.05, 0) is 54.1 Å². The minimum absolute atomic E-state index is 0.0441. The number of benzene rings is 4. The summed E-state index contributed by atoms with van der Waals surface area (Å²) < 4.78 is 17.0. The number of methoxy groups -OCH3 is 1. The fraction of sp³-hybridized carbons (Fsp3) is 0.167. The number of aliphatic hydroxyl groups excluding tert-OH is 1. The predicted molar refractivity (Wildman–Crippen MR) is 139 cm³/mol. The van der Waals surface area contributed by atoms with E-state index in [0.717, 1.165) is 27.5 Å². The van der Waals surface area contributed by atoms with Gasteiger partial charge in [-0.1, -0.05) is 48.5 Å². The molecule has 36 heavy (non-hydrogen) atoms. The number of aliphatic hydroxyl groups is 1. The van der Waals surface area contributed by atoms with E-state index in [4.69, 9.17) is 13.9 Å². The Hall–Kier alpha value is -4.29. The Balaban J connectivity index is 1.29. The van der Waals surface area contributed by atoms with E-state index < -0.39 is 6.10 Å². The van der Waals surface area contributed by atoms with Crippen molar-refractivity contribution in [3.8, 4) is 11.5 Å².